The maximum atomic E-state index is 12.5. The molecule has 0 bridgehead atoms. The number of amides is 1. The third kappa shape index (κ3) is 5.47. The topological polar surface area (TPSA) is 116 Å². The van der Waals surface area contributed by atoms with Gasteiger partial charge in [0.25, 0.3) is 0 Å². The molecule has 4 aliphatic rings. The predicted octanol–water partition coefficient (Wildman–Crippen LogP) is 3.82. The summed E-state index contributed by atoms with van der Waals surface area (Å²) in [6.45, 7) is 9.49. The maximum absolute atomic E-state index is 12.5. The van der Waals surface area contributed by atoms with Crippen LogP contribution in [0.5, 0.6) is 0 Å². The molecule has 4 rings (SSSR count). The number of ether oxygens (including phenoxy) is 1. The SMILES string of the molecule is CCOC(=O)CCCNC(=O)CC[C@@H](C)[C@H]1CC[C@H]2[C@@H]3[C@H](O)C[C@@H]4C[C@H](O)CC[C@]4(C)[C@H]3C[C@H](O)[C@]12C. The first-order valence-corrected chi connectivity index (χ1v) is 15.0. The van der Waals surface area contributed by atoms with Gasteiger partial charge in [0.05, 0.1) is 24.9 Å². The molecule has 0 aromatic carbocycles. The van der Waals surface area contributed by atoms with E-state index < -0.39 is 6.10 Å². The van der Waals surface area contributed by atoms with Crippen molar-refractivity contribution in [2.45, 2.75) is 117 Å². The highest BCUT2D eigenvalue weighted by molar-refractivity contribution is 5.76. The van der Waals surface area contributed by atoms with Crippen molar-refractivity contribution in [2.24, 2.45) is 46.3 Å². The highest BCUT2D eigenvalue weighted by atomic mass is 16.5. The van der Waals surface area contributed by atoms with Crippen LogP contribution in [0.25, 0.3) is 0 Å². The van der Waals surface area contributed by atoms with E-state index in [-0.39, 0.29) is 40.8 Å². The fourth-order valence-electron chi connectivity index (χ4n) is 9.47. The van der Waals surface area contributed by atoms with E-state index >= 15 is 0 Å². The molecule has 37 heavy (non-hydrogen) atoms. The minimum Gasteiger partial charge on any atom is -0.466 e. The molecule has 4 aliphatic carbocycles. The van der Waals surface area contributed by atoms with Crippen LogP contribution in [0, 0.1) is 46.3 Å². The lowest BCUT2D eigenvalue weighted by molar-refractivity contribution is -0.207. The molecule has 4 fully saturated rings. The zero-order chi connectivity index (χ0) is 27.0. The Morgan fingerprint density at radius 1 is 1.03 bits per heavy atom. The number of fused-ring (bicyclic) bond motifs is 5. The summed E-state index contributed by atoms with van der Waals surface area (Å²) in [7, 11) is 0. The monoisotopic (exact) mass is 521 g/mol. The summed E-state index contributed by atoms with van der Waals surface area (Å²) in [6, 6.07) is 0. The van der Waals surface area contributed by atoms with Crippen molar-refractivity contribution >= 4 is 11.9 Å². The van der Waals surface area contributed by atoms with Gasteiger partial charge in [0.15, 0.2) is 0 Å². The molecule has 0 saturated heterocycles. The first-order valence-electron chi connectivity index (χ1n) is 15.0. The second-order valence-corrected chi connectivity index (χ2v) is 13.3. The molecule has 0 heterocycles. The number of esters is 1. The fraction of sp³-hybridized carbons (Fsp3) is 0.933. The number of rotatable bonds is 9. The van der Waals surface area contributed by atoms with Crippen LogP contribution in [-0.4, -0.2) is 58.7 Å². The largest absolute Gasteiger partial charge is 0.466 e. The Morgan fingerprint density at radius 2 is 1.78 bits per heavy atom. The number of hydrogen-bond donors (Lipinski definition) is 4. The lowest BCUT2D eigenvalue weighted by Gasteiger charge is -2.63. The molecule has 11 atom stereocenters. The first-order chi connectivity index (χ1) is 17.5. The van der Waals surface area contributed by atoms with Gasteiger partial charge < -0.3 is 25.4 Å². The smallest absolute Gasteiger partial charge is 0.305 e. The molecule has 0 radical (unpaired) electrons. The molecule has 212 valence electrons. The van der Waals surface area contributed by atoms with E-state index in [0.717, 1.165) is 51.4 Å². The molecule has 0 aromatic rings. The van der Waals surface area contributed by atoms with Crippen LogP contribution in [0.1, 0.15) is 98.3 Å². The second-order valence-electron chi connectivity index (χ2n) is 13.3. The number of carbonyl (C=O) groups excluding carboxylic acids is 2. The van der Waals surface area contributed by atoms with E-state index in [0.29, 0.717) is 62.0 Å². The third-order valence-corrected chi connectivity index (χ3v) is 11.5. The van der Waals surface area contributed by atoms with Crippen LogP contribution >= 0.6 is 0 Å². The zero-order valence-electron chi connectivity index (χ0n) is 23.5. The van der Waals surface area contributed by atoms with Crippen LogP contribution in [0.2, 0.25) is 0 Å². The van der Waals surface area contributed by atoms with E-state index in [1.807, 2.05) is 0 Å². The molecule has 0 aromatic heterocycles. The molecule has 7 heteroatoms. The Balaban J connectivity index is 1.35. The number of carbonyl (C=O) groups is 2. The summed E-state index contributed by atoms with van der Waals surface area (Å²) in [5, 5.41) is 36.3. The molecular weight excluding hydrogens is 470 g/mol. The molecule has 1 amide bonds. The molecule has 0 spiro atoms. The van der Waals surface area contributed by atoms with Gasteiger partial charge in [-0.15, -0.1) is 0 Å². The van der Waals surface area contributed by atoms with Crippen molar-refractivity contribution in [1.29, 1.82) is 0 Å². The number of aliphatic hydroxyl groups excluding tert-OH is 3. The number of nitrogens with one attached hydrogen (secondary N) is 1. The Morgan fingerprint density at radius 3 is 2.51 bits per heavy atom. The Hall–Kier alpha value is -1.18. The average molecular weight is 522 g/mol. The first kappa shape index (κ1) is 28.8. The second kappa shape index (κ2) is 11.5. The minimum absolute atomic E-state index is 0.0146. The van der Waals surface area contributed by atoms with Gasteiger partial charge >= 0.3 is 5.97 Å². The van der Waals surface area contributed by atoms with Crippen LogP contribution < -0.4 is 5.32 Å². The lowest BCUT2D eigenvalue weighted by Crippen LogP contribution is -2.62. The predicted molar refractivity (Wildman–Crippen MR) is 141 cm³/mol. The van der Waals surface area contributed by atoms with Gasteiger partial charge in [-0.05, 0) is 111 Å². The molecule has 4 saturated carbocycles. The Kier molecular flexibility index (Phi) is 8.97. The summed E-state index contributed by atoms with van der Waals surface area (Å²) in [5.41, 5.74) is -0.157. The summed E-state index contributed by atoms with van der Waals surface area (Å²) < 4.78 is 4.92. The lowest BCUT2D eigenvalue weighted by atomic mass is 9.43. The minimum atomic E-state index is -0.403. The van der Waals surface area contributed by atoms with E-state index in [1.165, 1.54) is 0 Å². The van der Waals surface area contributed by atoms with E-state index in [9.17, 15) is 24.9 Å². The Bertz CT molecular complexity index is 820. The summed E-state index contributed by atoms with van der Waals surface area (Å²) in [5.74, 6) is 1.57. The third-order valence-electron chi connectivity index (χ3n) is 11.5. The van der Waals surface area contributed by atoms with Crippen molar-refractivity contribution < 1.29 is 29.6 Å². The Labute approximate surface area is 223 Å². The highest BCUT2D eigenvalue weighted by Gasteiger charge is 2.65. The van der Waals surface area contributed by atoms with Gasteiger partial charge in [0.2, 0.25) is 5.91 Å². The van der Waals surface area contributed by atoms with Crippen molar-refractivity contribution in [3.05, 3.63) is 0 Å². The summed E-state index contributed by atoms with van der Waals surface area (Å²) in [4.78, 5) is 23.9. The molecule has 0 aliphatic heterocycles. The standard InChI is InChI=1S/C30H51NO6/c1-5-37-27(36)7-6-14-31-26(35)11-8-18(2)21-9-10-22-28-23(17-25(34)30(21,22)4)29(3)13-12-20(32)15-19(29)16-24(28)33/h18-25,28,32-34H,5-17H2,1-4H3,(H,31,35)/t18-,19+,20-,21-,22+,23+,24-,25+,28+,29+,30-/m1/s1. The fourth-order valence-corrected chi connectivity index (χ4v) is 9.47. The molecule has 4 N–H and O–H groups in total. The summed E-state index contributed by atoms with van der Waals surface area (Å²) in [6.07, 6.45) is 7.27. The molecular formula is C30H51NO6. The van der Waals surface area contributed by atoms with Crippen LogP contribution in [0.15, 0.2) is 0 Å². The summed E-state index contributed by atoms with van der Waals surface area (Å²) >= 11 is 0. The van der Waals surface area contributed by atoms with Crippen molar-refractivity contribution in [2.75, 3.05) is 13.2 Å². The maximum Gasteiger partial charge on any atom is 0.305 e. The van der Waals surface area contributed by atoms with Crippen LogP contribution in [0.4, 0.5) is 0 Å². The van der Waals surface area contributed by atoms with Gasteiger partial charge in [-0.25, -0.2) is 0 Å². The number of hydrogen-bond acceptors (Lipinski definition) is 6. The van der Waals surface area contributed by atoms with Crippen LogP contribution in [-0.2, 0) is 14.3 Å². The van der Waals surface area contributed by atoms with Crippen molar-refractivity contribution in [3.63, 3.8) is 0 Å². The van der Waals surface area contributed by atoms with Crippen LogP contribution in [0.3, 0.4) is 0 Å². The van der Waals surface area contributed by atoms with Gasteiger partial charge in [-0.3, -0.25) is 9.59 Å². The number of aliphatic hydroxyl groups is 3. The van der Waals surface area contributed by atoms with E-state index in [2.05, 4.69) is 26.1 Å². The highest BCUT2D eigenvalue weighted by Crippen LogP contribution is 2.68. The van der Waals surface area contributed by atoms with Gasteiger partial charge in [-0.1, -0.05) is 20.8 Å². The van der Waals surface area contributed by atoms with Crippen molar-refractivity contribution in [1.82, 2.24) is 5.32 Å². The molecule has 0 unspecified atom stereocenters. The van der Waals surface area contributed by atoms with Crippen molar-refractivity contribution in [3.8, 4) is 0 Å². The van der Waals surface area contributed by atoms with Gasteiger partial charge in [0.1, 0.15) is 0 Å². The van der Waals surface area contributed by atoms with E-state index in [1.54, 1.807) is 6.92 Å². The van der Waals surface area contributed by atoms with Gasteiger partial charge in [0, 0.05) is 19.4 Å². The molecule has 7 nitrogen and oxygen atoms in total. The average Bonchev–Trinajstić information content (AvgIpc) is 3.21. The van der Waals surface area contributed by atoms with Gasteiger partial charge in [-0.2, -0.15) is 0 Å². The zero-order valence-corrected chi connectivity index (χ0v) is 23.5. The quantitative estimate of drug-likeness (QED) is 0.271. The normalized spacial score (nSPS) is 43.8. The van der Waals surface area contributed by atoms with E-state index in [4.69, 9.17) is 4.74 Å².